The van der Waals surface area contributed by atoms with E-state index in [1.807, 2.05) is 0 Å². The molecule has 1 aliphatic heterocycles. The Morgan fingerprint density at radius 1 is 1.07 bits per heavy atom. The van der Waals surface area contributed by atoms with Crippen molar-refractivity contribution in [1.82, 2.24) is 14.9 Å². The smallest absolute Gasteiger partial charge is 0.137 e. The molecule has 3 aromatic rings. The van der Waals surface area contributed by atoms with Crippen molar-refractivity contribution in [3.63, 3.8) is 0 Å². The second-order valence-corrected chi connectivity index (χ2v) is 8.23. The summed E-state index contributed by atoms with van der Waals surface area (Å²) in [7, 11) is 0. The molecule has 0 amide bonds. The van der Waals surface area contributed by atoms with Gasteiger partial charge in [-0.1, -0.05) is 17.7 Å². The summed E-state index contributed by atoms with van der Waals surface area (Å²) < 4.78 is 11.4. The fraction of sp³-hybridized carbons (Fsp3) is 0.417. The third kappa shape index (κ3) is 4.25. The van der Waals surface area contributed by atoms with Gasteiger partial charge in [0.25, 0.3) is 0 Å². The van der Waals surface area contributed by atoms with Crippen molar-refractivity contribution in [3.05, 3.63) is 59.4 Å². The molecule has 1 N–H and O–H groups in total. The van der Waals surface area contributed by atoms with E-state index < -0.39 is 0 Å². The third-order valence-corrected chi connectivity index (χ3v) is 6.02. The fourth-order valence-corrected chi connectivity index (χ4v) is 4.38. The molecule has 2 aliphatic rings. The number of benzene rings is 2. The lowest BCUT2D eigenvalue weighted by molar-refractivity contribution is 0.0322. The number of nitrogens with one attached hydrogen (secondary N) is 1. The van der Waals surface area contributed by atoms with Gasteiger partial charge in [0.05, 0.1) is 18.7 Å². The van der Waals surface area contributed by atoms with Crippen LogP contribution >= 0.6 is 0 Å². The maximum atomic E-state index is 6.03. The van der Waals surface area contributed by atoms with E-state index in [4.69, 9.17) is 9.47 Å². The molecule has 30 heavy (non-hydrogen) atoms. The zero-order chi connectivity index (χ0) is 20.3. The number of fused-ring (bicyclic) bond motifs is 2. The van der Waals surface area contributed by atoms with Gasteiger partial charge in [0, 0.05) is 31.1 Å². The van der Waals surface area contributed by atoms with Gasteiger partial charge in [-0.3, -0.25) is 4.90 Å². The summed E-state index contributed by atoms with van der Waals surface area (Å²) >= 11 is 0. The second-order valence-electron chi connectivity index (χ2n) is 8.23. The van der Waals surface area contributed by atoms with Crippen LogP contribution in [0.15, 0.2) is 42.7 Å². The quantitative estimate of drug-likeness (QED) is 0.681. The summed E-state index contributed by atoms with van der Waals surface area (Å²) in [5.74, 6) is 1.88. The van der Waals surface area contributed by atoms with Gasteiger partial charge in [-0.05, 0) is 55.2 Å². The van der Waals surface area contributed by atoms with Gasteiger partial charge < -0.3 is 14.8 Å². The van der Waals surface area contributed by atoms with Gasteiger partial charge in [0.1, 0.15) is 24.5 Å². The summed E-state index contributed by atoms with van der Waals surface area (Å²) in [5.41, 5.74) is 4.95. The standard InChI is InChI=1S/C24H28N4O2/c1-17-2-5-23-22(12-17)24(26-16-25-23)27-20-13-18-3-4-21(15-19(18)14-20)30-11-8-28-6-9-29-10-7-28/h2-5,12,15-16,20H,6-11,13-14H2,1H3,(H,25,26,27). The van der Waals surface area contributed by atoms with Gasteiger partial charge in [0.15, 0.2) is 0 Å². The topological polar surface area (TPSA) is 59.5 Å². The molecule has 6 nitrogen and oxygen atoms in total. The molecule has 5 rings (SSSR count). The van der Waals surface area contributed by atoms with Gasteiger partial charge in [-0.15, -0.1) is 0 Å². The van der Waals surface area contributed by atoms with Crippen LogP contribution in [0.5, 0.6) is 5.75 Å². The molecule has 1 fully saturated rings. The molecule has 156 valence electrons. The minimum absolute atomic E-state index is 0.335. The molecule has 0 radical (unpaired) electrons. The molecule has 0 bridgehead atoms. The highest BCUT2D eigenvalue weighted by atomic mass is 16.5. The Morgan fingerprint density at radius 2 is 1.93 bits per heavy atom. The average Bonchev–Trinajstić information content (AvgIpc) is 3.16. The van der Waals surface area contributed by atoms with Crippen LogP contribution in [0.4, 0.5) is 5.82 Å². The van der Waals surface area contributed by atoms with Crippen molar-refractivity contribution in [3.8, 4) is 5.75 Å². The first-order valence-corrected chi connectivity index (χ1v) is 10.8. The fourth-order valence-electron chi connectivity index (χ4n) is 4.38. The number of ether oxygens (including phenoxy) is 2. The lowest BCUT2D eigenvalue weighted by Crippen LogP contribution is -2.38. The Bertz CT molecular complexity index is 1030. The Morgan fingerprint density at radius 3 is 2.83 bits per heavy atom. The van der Waals surface area contributed by atoms with Gasteiger partial charge in [-0.2, -0.15) is 0 Å². The number of aryl methyl sites for hydroxylation is 1. The van der Waals surface area contributed by atoms with Gasteiger partial charge in [0.2, 0.25) is 0 Å². The lowest BCUT2D eigenvalue weighted by atomic mass is 10.1. The van der Waals surface area contributed by atoms with Crippen molar-refractivity contribution in [2.75, 3.05) is 44.8 Å². The molecule has 2 aromatic carbocycles. The van der Waals surface area contributed by atoms with Crippen LogP contribution in [0.1, 0.15) is 16.7 Å². The zero-order valence-corrected chi connectivity index (χ0v) is 17.4. The minimum atomic E-state index is 0.335. The number of anilines is 1. The van der Waals surface area contributed by atoms with Crippen LogP contribution < -0.4 is 10.1 Å². The minimum Gasteiger partial charge on any atom is -0.492 e. The SMILES string of the molecule is Cc1ccc2ncnc(NC3Cc4ccc(OCCN5CCOCC5)cc4C3)c2c1. The van der Waals surface area contributed by atoms with Crippen LogP contribution in [0.25, 0.3) is 10.9 Å². The highest BCUT2D eigenvalue weighted by molar-refractivity contribution is 5.89. The predicted molar refractivity (Wildman–Crippen MR) is 118 cm³/mol. The van der Waals surface area contributed by atoms with E-state index in [1.165, 1.54) is 16.7 Å². The van der Waals surface area contributed by atoms with E-state index in [1.54, 1.807) is 6.33 Å². The Hall–Kier alpha value is -2.70. The van der Waals surface area contributed by atoms with Gasteiger partial charge in [-0.25, -0.2) is 9.97 Å². The van der Waals surface area contributed by atoms with Crippen molar-refractivity contribution in [1.29, 1.82) is 0 Å². The summed E-state index contributed by atoms with van der Waals surface area (Å²) in [6, 6.07) is 13.2. The summed E-state index contributed by atoms with van der Waals surface area (Å²) in [6.45, 7) is 7.42. The van der Waals surface area contributed by atoms with E-state index in [9.17, 15) is 0 Å². The molecular formula is C24H28N4O2. The summed E-state index contributed by atoms with van der Waals surface area (Å²) in [6.07, 6.45) is 3.62. The molecule has 2 heterocycles. The highest BCUT2D eigenvalue weighted by Crippen LogP contribution is 2.29. The lowest BCUT2D eigenvalue weighted by Gasteiger charge is -2.26. The van der Waals surface area contributed by atoms with Crippen LogP contribution in [-0.2, 0) is 17.6 Å². The molecule has 1 atom stereocenters. The Balaban J connectivity index is 1.21. The van der Waals surface area contributed by atoms with Crippen molar-refractivity contribution < 1.29 is 9.47 Å². The first-order chi connectivity index (χ1) is 14.7. The van der Waals surface area contributed by atoms with E-state index in [-0.39, 0.29) is 0 Å². The summed E-state index contributed by atoms with van der Waals surface area (Å²) in [5, 5.41) is 4.74. The number of aromatic nitrogens is 2. The maximum absolute atomic E-state index is 6.03. The Labute approximate surface area is 177 Å². The molecule has 1 aliphatic carbocycles. The van der Waals surface area contributed by atoms with E-state index in [2.05, 4.69) is 63.5 Å². The first kappa shape index (κ1) is 19.3. The van der Waals surface area contributed by atoms with Crippen molar-refractivity contribution in [2.24, 2.45) is 0 Å². The number of rotatable bonds is 6. The predicted octanol–water partition coefficient (Wildman–Crippen LogP) is 3.23. The monoisotopic (exact) mass is 404 g/mol. The highest BCUT2D eigenvalue weighted by Gasteiger charge is 2.23. The van der Waals surface area contributed by atoms with E-state index in [0.717, 1.165) is 68.2 Å². The van der Waals surface area contributed by atoms with E-state index >= 15 is 0 Å². The average molecular weight is 405 g/mol. The van der Waals surface area contributed by atoms with Crippen LogP contribution in [0.2, 0.25) is 0 Å². The molecule has 1 unspecified atom stereocenters. The van der Waals surface area contributed by atoms with Crippen molar-refractivity contribution in [2.45, 2.75) is 25.8 Å². The molecule has 6 heteroatoms. The Kier molecular flexibility index (Phi) is 5.51. The van der Waals surface area contributed by atoms with Gasteiger partial charge >= 0.3 is 0 Å². The van der Waals surface area contributed by atoms with Crippen LogP contribution in [0, 0.1) is 6.92 Å². The van der Waals surface area contributed by atoms with Crippen molar-refractivity contribution >= 4 is 16.7 Å². The third-order valence-electron chi connectivity index (χ3n) is 6.02. The largest absolute Gasteiger partial charge is 0.492 e. The van der Waals surface area contributed by atoms with Crippen LogP contribution in [-0.4, -0.2) is 60.4 Å². The number of hydrogen-bond donors (Lipinski definition) is 1. The first-order valence-electron chi connectivity index (χ1n) is 10.8. The molecule has 1 saturated heterocycles. The molecule has 1 aromatic heterocycles. The van der Waals surface area contributed by atoms with E-state index in [0.29, 0.717) is 12.6 Å². The zero-order valence-electron chi connectivity index (χ0n) is 17.4. The molecule has 0 saturated carbocycles. The normalized spacial score (nSPS) is 19.0. The maximum Gasteiger partial charge on any atom is 0.137 e. The second kappa shape index (κ2) is 8.58. The number of morpholine rings is 1. The summed E-state index contributed by atoms with van der Waals surface area (Å²) in [4.78, 5) is 11.3. The molecular weight excluding hydrogens is 376 g/mol. The number of hydrogen-bond acceptors (Lipinski definition) is 6. The van der Waals surface area contributed by atoms with Crippen LogP contribution in [0.3, 0.4) is 0 Å². The number of nitrogens with zero attached hydrogens (tertiary/aromatic N) is 3. The molecule has 0 spiro atoms.